The van der Waals surface area contributed by atoms with Gasteiger partial charge in [-0.15, -0.1) is 0 Å². The summed E-state index contributed by atoms with van der Waals surface area (Å²) in [6.07, 6.45) is 0. The van der Waals surface area contributed by atoms with Crippen molar-refractivity contribution in [1.82, 2.24) is 0 Å². The molecule has 0 amide bonds. The van der Waals surface area contributed by atoms with Gasteiger partial charge in [0.25, 0.3) is 15.7 Å². The van der Waals surface area contributed by atoms with Gasteiger partial charge in [0.15, 0.2) is 11.5 Å². The number of anilines is 1. The third-order valence-corrected chi connectivity index (χ3v) is 4.55. The maximum absolute atomic E-state index is 12.3. The second-order valence-electron chi connectivity index (χ2n) is 4.36. The van der Waals surface area contributed by atoms with E-state index in [0.717, 1.165) is 24.3 Å². The third kappa shape index (κ3) is 3.63. The molecule has 10 heteroatoms. The first kappa shape index (κ1) is 16.8. The van der Waals surface area contributed by atoms with E-state index < -0.39 is 20.6 Å². The van der Waals surface area contributed by atoms with Crippen molar-refractivity contribution in [2.75, 3.05) is 11.8 Å². The highest BCUT2D eigenvalue weighted by molar-refractivity contribution is 7.92. The van der Waals surface area contributed by atoms with Gasteiger partial charge in [-0.2, -0.15) is 0 Å². The summed E-state index contributed by atoms with van der Waals surface area (Å²) in [7, 11) is -2.73. The molecule has 2 aromatic rings. The first-order valence-electron chi connectivity index (χ1n) is 6.08. The van der Waals surface area contributed by atoms with Gasteiger partial charge in [-0.1, -0.05) is 11.6 Å². The van der Waals surface area contributed by atoms with E-state index in [9.17, 15) is 23.6 Å². The fraction of sp³-hybridized carbons (Fsp3) is 0.0769. The summed E-state index contributed by atoms with van der Waals surface area (Å²) in [5, 5.41) is 20.3. The van der Waals surface area contributed by atoms with Crippen molar-refractivity contribution in [3.05, 3.63) is 51.5 Å². The Balaban J connectivity index is 2.37. The molecule has 0 unspecified atom stereocenters. The zero-order valence-corrected chi connectivity index (χ0v) is 13.3. The van der Waals surface area contributed by atoms with Crippen molar-refractivity contribution in [1.29, 1.82) is 0 Å². The molecule has 0 aliphatic rings. The van der Waals surface area contributed by atoms with Crippen LogP contribution in [-0.2, 0) is 10.0 Å². The smallest absolute Gasteiger partial charge is 0.289 e. The summed E-state index contributed by atoms with van der Waals surface area (Å²) in [5.41, 5.74) is -0.451. The topological polar surface area (TPSA) is 119 Å². The molecule has 0 aliphatic carbocycles. The van der Waals surface area contributed by atoms with Crippen LogP contribution in [0.5, 0.6) is 11.5 Å². The maximum Gasteiger partial charge on any atom is 0.289 e. The molecule has 0 aromatic heterocycles. The number of halogens is 1. The van der Waals surface area contributed by atoms with E-state index in [-0.39, 0.29) is 27.1 Å². The molecule has 122 valence electrons. The molecule has 2 rings (SSSR count). The Morgan fingerprint density at radius 1 is 1.26 bits per heavy atom. The van der Waals surface area contributed by atoms with Crippen LogP contribution in [0.3, 0.4) is 0 Å². The number of phenols is 1. The number of hydrogen-bond acceptors (Lipinski definition) is 6. The summed E-state index contributed by atoms with van der Waals surface area (Å²) >= 11 is 5.65. The van der Waals surface area contributed by atoms with Gasteiger partial charge < -0.3 is 9.84 Å². The van der Waals surface area contributed by atoms with E-state index in [0.29, 0.717) is 0 Å². The second kappa shape index (κ2) is 6.31. The number of sulfonamides is 1. The number of phenolic OH excluding ortho intramolecular Hbond substituents is 1. The first-order valence-corrected chi connectivity index (χ1v) is 7.94. The van der Waals surface area contributed by atoms with Crippen LogP contribution in [0.4, 0.5) is 11.4 Å². The molecular formula is C13H11ClN2O6S. The highest BCUT2D eigenvalue weighted by atomic mass is 35.5. The average molecular weight is 359 g/mol. The monoisotopic (exact) mass is 358 g/mol. The van der Waals surface area contributed by atoms with Crippen molar-refractivity contribution >= 4 is 33.0 Å². The lowest BCUT2D eigenvalue weighted by Gasteiger charge is -2.10. The Morgan fingerprint density at radius 3 is 2.52 bits per heavy atom. The quantitative estimate of drug-likeness (QED) is 0.626. The molecule has 23 heavy (non-hydrogen) atoms. The molecule has 2 aromatic carbocycles. The minimum atomic E-state index is -4.09. The summed E-state index contributed by atoms with van der Waals surface area (Å²) in [4.78, 5) is 9.73. The van der Waals surface area contributed by atoms with Crippen LogP contribution in [0.15, 0.2) is 41.3 Å². The van der Waals surface area contributed by atoms with Crippen LogP contribution in [0.2, 0.25) is 5.02 Å². The Labute approximate surface area is 136 Å². The number of methoxy groups -OCH3 is 1. The van der Waals surface area contributed by atoms with Gasteiger partial charge in [-0.25, -0.2) is 8.42 Å². The lowest BCUT2D eigenvalue weighted by atomic mass is 10.3. The number of nitro groups is 1. The lowest BCUT2D eigenvalue weighted by Crippen LogP contribution is -2.13. The van der Waals surface area contributed by atoms with Crippen molar-refractivity contribution < 1.29 is 23.2 Å². The summed E-state index contributed by atoms with van der Waals surface area (Å²) in [6.45, 7) is 0. The van der Waals surface area contributed by atoms with Gasteiger partial charge in [-0.3, -0.25) is 14.8 Å². The van der Waals surface area contributed by atoms with E-state index in [1.807, 2.05) is 0 Å². The number of ether oxygens (including phenoxy) is 1. The van der Waals surface area contributed by atoms with Crippen molar-refractivity contribution in [2.45, 2.75) is 4.90 Å². The predicted octanol–water partition coefficient (Wildman–Crippen LogP) is 2.76. The van der Waals surface area contributed by atoms with Crippen LogP contribution in [0, 0.1) is 10.1 Å². The van der Waals surface area contributed by atoms with Crippen LogP contribution in [0.1, 0.15) is 0 Å². The van der Waals surface area contributed by atoms with Crippen molar-refractivity contribution in [2.24, 2.45) is 0 Å². The maximum atomic E-state index is 12.3. The molecule has 2 N–H and O–H groups in total. The Hall–Kier alpha value is -2.52. The summed E-state index contributed by atoms with van der Waals surface area (Å²) in [5.74, 6) is -0.0788. The lowest BCUT2D eigenvalue weighted by molar-refractivity contribution is -0.384. The molecular weight excluding hydrogens is 348 g/mol. The molecule has 8 nitrogen and oxygen atoms in total. The number of nitrogens with zero attached hydrogens (tertiary/aromatic N) is 1. The third-order valence-electron chi connectivity index (χ3n) is 2.86. The molecule has 0 heterocycles. The van der Waals surface area contributed by atoms with Crippen LogP contribution in [-0.4, -0.2) is 25.6 Å². The Morgan fingerprint density at radius 2 is 1.96 bits per heavy atom. The van der Waals surface area contributed by atoms with Crippen LogP contribution >= 0.6 is 11.6 Å². The minimum Gasteiger partial charge on any atom is -0.504 e. The van der Waals surface area contributed by atoms with Gasteiger partial charge >= 0.3 is 0 Å². The predicted molar refractivity (Wildman–Crippen MR) is 83.6 cm³/mol. The SMILES string of the molecule is COc1ccc(NS(=O)(=O)c2ccc(Cl)c([N+](=O)[O-])c2)cc1O. The van der Waals surface area contributed by atoms with E-state index in [4.69, 9.17) is 16.3 Å². The standard InChI is InChI=1S/C13H11ClN2O6S/c1-22-13-5-2-8(6-12(13)17)15-23(20,21)9-3-4-10(14)11(7-9)16(18)19/h2-7,15,17H,1H3. The number of aromatic hydroxyl groups is 1. The number of nitrogens with one attached hydrogen (secondary N) is 1. The molecule has 0 bridgehead atoms. The number of benzene rings is 2. The van der Waals surface area contributed by atoms with Gasteiger partial charge in [0.2, 0.25) is 0 Å². The van der Waals surface area contributed by atoms with Gasteiger partial charge in [0.05, 0.1) is 22.6 Å². The molecule has 0 atom stereocenters. The normalized spacial score (nSPS) is 11.0. The number of rotatable bonds is 5. The fourth-order valence-corrected chi connectivity index (χ4v) is 3.02. The van der Waals surface area contributed by atoms with Gasteiger partial charge in [0, 0.05) is 12.1 Å². The molecule has 0 fully saturated rings. The summed E-state index contributed by atoms with van der Waals surface area (Å²) < 4.78 is 31.6. The zero-order chi connectivity index (χ0) is 17.2. The average Bonchev–Trinajstić information content (AvgIpc) is 2.47. The van der Waals surface area contributed by atoms with Crippen molar-refractivity contribution in [3.8, 4) is 11.5 Å². The van der Waals surface area contributed by atoms with Crippen LogP contribution < -0.4 is 9.46 Å². The fourth-order valence-electron chi connectivity index (χ4n) is 1.77. The van der Waals surface area contributed by atoms with E-state index in [1.54, 1.807) is 0 Å². The molecule has 0 saturated heterocycles. The molecule has 0 saturated carbocycles. The van der Waals surface area contributed by atoms with Crippen LogP contribution in [0.25, 0.3) is 0 Å². The van der Waals surface area contributed by atoms with E-state index >= 15 is 0 Å². The molecule has 0 radical (unpaired) electrons. The minimum absolute atomic E-state index is 0.0703. The second-order valence-corrected chi connectivity index (χ2v) is 6.45. The van der Waals surface area contributed by atoms with Gasteiger partial charge in [0.1, 0.15) is 5.02 Å². The highest BCUT2D eigenvalue weighted by Gasteiger charge is 2.21. The summed E-state index contributed by atoms with van der Waals surface area (Å²) in [6, 6.07) is 7.02. The highest BCUT2D eigenvalue weighted by Crippen LogP contribution is 2.31. The molecule has 0 spiro atoms. The Bertz CT molecular complexity index is 869. The van der Waals surface area contributed by atoms with E-state index in [1.165, 1.54) is 19.2 Å². The number of nitro benzene ring substituents is 1. The Kier molecular flexibility index (Phi) is 4.62. The largest absolute Gasteiger partial charge is 0.504 e. The first-order chi connectivity index (χ1) is 10.7. The zero-order valence-electron chi connectivity index (χ0n) is 11.7. The number of hydrogen-bond donors (Lipinski definition) is 2. The van der Waals surface area contributed by atoms with E-state index in [2.05, 4.69) is 4.72 Å². The van der Waals surface area contributed by atoms with Gasteiger partial charge in [-0.05, 0) is 24.3 Å². The van der Waals surface area contributed by atoms with Crippen molar-refractivity contribution in [3.63, 3.8) is 0 Å². The molecule has 0 aliphatic heterocycles.